The number of nitrogens with one attached hydrogen (secondary N) is 1. The zero-order chi connectivity index (χ0) is 9.84. The number of amides is 1. The Morgan fingerprint density at radius 3 is 3.00 bits per heavy atom. The van der Waals surface area contributed by atoms with Crippen LogP contribution in [0.1, 0.15) is 18.4 Å². The zero-order valence-corrected chi connectivity index (χ0v) is 7.57. The normalized spacial score (nSPS) is 12.5. The average molecular weight is 184 g/mol. The molecule has 2 N–H and O–H groups in total. The average Bonchev–Trinajstić information content (AvgIpc) is 2.47. The molecule has 0 saturated heterocycles. The number of carbonyl (C=O) groups is 1. The van der Waals surface area contributed by atoms with E-state index in [0.29, 0.717) is 5.76 Å². The second-order valence-electron chi connectivity index (χ2n) is 2.83. The lowest BCUT2D eigenvalue weighted by molar-refractivity contribution is -0.128. The molecule has 0 spiro atoms. The minimum atomic E-state index is -0.996. The summed E-state index contributed by atoms with van der Waals surface area (Å²) < 4.78 is 4.85. The summed E-state index contributed by atoms with van der Waals surface area (Å²) in [6.45, 7) is 3.45. The Kier molecular flexibility index (Phi) is 3.02. The van der Waals surface area contributed by atoms with Crippen LogP contribution >= 0.6 is 0 Å². The predicted molar refractivity (Wildman–Crippen MR) is 44.8 cm³/mol. The van der Waals surface area contributed by atoms with Crippen molar-refractivity contribution in [3.8, 4) is 0 Å². The third-order valence-corrected chi connectivity index (χ3v) is 1.49. The smallest absolute Gasteiger partial charge is 0.248 e. The number of aliphatic hydroxyl groups excluding tert-OH is 1. The van der Waals surface area contributed by atoms with Crippen LogP contribution in [0.5, 0.6) is 0 Å². The van der Waals surface area contributed by atoms with Crippen LogP contribution < -0.4 is 5.32 Å². The summed E-state index contributed by atoms with van der Waals surface area (Å²) in [6.07, 6.45) is -0.996. The molecule has 13 heavy (non-hydrogen) atoms. The van der Waals surface area contributed by atoms with Gasteiger partial charge in [0, 0.05) is 6.07 Å². The number of nitrogens with zero attached hydrogens (tertiary/aromatic N) is 1. The Morgan fingerprint density at radius 1 is 1.85 bits per heavy atom. The van der Waals surface area contributed by atoms with Crippen LogP contribution in [0.2, 0.25) is 0 Å². The van der Waals surface area contributed by atoms with Gasteiger partial charge in [0.15, 0.2) is 5.76 Å². The maximum Gasteiger partial charge on any atom is 0.248 e. The monoisotopic (exact) mass is 184 g/mol. The molecule has 5 heteroatoms. The Hall–Kier alpha value is -1.36. The number of aryl methyl sites for hydroxylation is 1. The Morgan fingerprint density at radius 2 is 2.54 bits per heavy atom. The fourth-order valence-corrected chi connectivity index (χ4v) is 0.822. The van der Waals surface area contributed by atoms with Gasteiger partial charge in [0.25, 0.3) is 0 Å². The standard InChI is InChI=1S/C8H12N2O3/c1-5-3-7(13-10-5)4-9-8(12)6(2)11/h3,6,11H,4H2,1-2H3,(H,9,12)/t6-/m1/s1. The van der Waals surface area contributed by atoms with E-state index in [1.807, 2.05) is 0 Å². The first-order valence-electron chi connectivity index (χ1n) is 3.97. The van der Waals surface area contributed by atoms with Gasteiger partial charge in [-0.3, -0.25) is 4.79 Å². The summed E-state index contributed by atoms with van der Waals surface area (Å²) in [5.74, 6) is 0.153. The lowest BCUT2D eigenvalue weighted by Gasteiger charge is -2.03. The summed E-state index contributed by atoms with van der Waals surface area (Å²) >= 11 is 0. The molecule has 0 radical (unpaired) electrons. The third-order valence-electron chi connectivity index (χ3n) is 1.49. The van der Waals surface area contributed by atoms with Crippen LogP contribution in [0.3, 0.4) is 0 Å². The van der Waals surface area contributed by atoms with E-state index in [4.69, 9.17) is 9.63 Å². The topological polar surface area (TPSA) is 75.4 Å². The van der Waals surface area contributed by atoms with Gasteiger partial charge in [-0.1, -0.05) is 5.16 Å². The molecule has 1 heterocycles. The number of aromatic nitrogens is 1. The van der Waals surface area contributed by atoms with Crippen LogP contribution in [0.4, 0.5) is 0 Å². The highest BCUT2D eigenvalue weighted by molar-refractivity contribution is 5.79. The first kappa shape index (κ1) is 9.73. The van der Waals surface area contributed by atoms with Crippen molar-refractivity contribution in [2.45, 2.75) is 26.5 Å². The molecule has 0 aliphatic heterocycles. The van der Waals surface area contributed by atoms with E-state index in [2.05, 4.69) is 10.5 Å². The van der Waals surface area contributed by atoms with Gasteiger partial charge < -0.3 is 14.9 Å². The van der Waals surface area contributed by atoms with Crippen molar-refractivity contribution >= 4 is 5.91 Å². The van der Waals surface area contributed by atoms with Gasteiger partial charge in [0.05, 0.1) is 12.2 Å². The highest BCUT2D eigenvalue weighted by atomic mass is 16.5. The fourth-order valence-electron chi connectivity index (χ4n) is 0.822. The number of hydrogen-bond donors (Lipinski definition) is 2. The predicted octanol–water partition coefficient (Wildman–Crippen LogP) is -0.0200. The van der Waals surface area contributed by atoms with E-state index in [1.54, 1.807) is 13.0 Å². The van der Waals surface area contributed by atoms with Crippen molar-refractivity contribution < 1.29 is 14.4 Å². The van der Waals surface area contributed by atoms with Crippen molar-refractivity contribution in [2.75, 3.05) is 0 Å². The molecule has 0 unspecified atom stereocenters. The number of rotatable bonds is 3. The molecule has 1 aromatic rings. The van der Waals surface area contributed by atoms with E-state index in [1.165, 1.54) is 6.92 Å². The van der Waals surface area contributed by atoms with Crippen molar-refractivity contribution in [2.24, 2.45) is 0 Å². The van der Waals surface area contributed by atoms with Gasteiger partial charge in [-0.2, -0.15) is 0 Å². The Bertz CT molecular complexity index is 293. The van der Waals surface area contributed by atoms with E-state index in [-0.39, 0.29) is 6.54 Å². The van der Waals surface area contributed by atoms with Gasteiger partial charge in [-0.25, -0.2) is 0 Å². The summed E-state index contributed by atoms with van der Waals surface area (Å²) in [5.41, 5.74) is 0.765. The molecule has 1 aromatic heterocycles. The first-order valence-corrected chi connectivity index (χ1v) is 3.97. The van der Waals surface area contributed by atoms with Crippen LogP contribution in [-0.4, -0.2) is 22.3 Å². The second-order valence-corrected chi connectivity index (χ2v) is 2.83. The number of carbonyl (C=O) groups excluding carboxylic acids is 1. The van der Waals surface area contributed by atoms with Gasteiger partial charge >= 0.3 is 0 Å². The lowest BCUT2D eigenvalue weighted by atomic mass is 10.3. The third kappa shape index (κ3) is 2.87. The van der Waals surface area contributed by atoms with Gasteiger partial charge in [0.1, 0.15) is 6.10 Å². The molecule has 1 rings (SSSR count). The van der Waals surface area contributed by atoms with E-state index in [0.717, 1.165) is 5.69 Å². The van der Waals surface area contributed by atoms with Crippen LogP contribution in [0, 0.1) is 6.92 Å². The van der Waals surface area contributed by atoms with Crippen LogP contribution in [0.15, 0.2) is 10.6 Å². The summed E-state index contributed by atoms with van der Waals surface area (Å²) in [7, 11) is 0. The molecule has 0 saturated carbocycles. The number of aliphatic hydroxyl groups is 1. The van der Waals surface area contributed by atoms with Crippen molar-refractivity contribution in [1.29, 1.82) is 0 Å². The maximum absolute atomic E-state index is 10.9. The second kappa shape index (κ2) is 4.04. The summed E-state index contributed by atoms with van der Waals surface area (Å²) in [4.78, 5) is 10.9. The van der Waals surface area contributed by atoms with Crippen molar-refractivity contribution in [1.82, 2.24) is 10.5 Å². The Balaban J connectivity index is 2.39. The molecule has 1 atom stereocenters. The Labute approximate surface area is 75.7 Å². The minimum absolute atomic E-state index is 0.255. The minimum Gasteiger partial charge on any atom is -0.384 e. The van der Waals surface area contributed by atoms with Crippen LogP contribution in [0.25, 0.3) is 0 Å². The largest absolute Gasteiger partial charge is 0.384 e. The first-order chi connectivity index (χ1) is 6.09. The fraction of sp³-hybridized carbons (Fsp3) is 0.500. The summed E-state index contributed by atoms with van der Waals surface area (Å²) in [6, 6.07) is 1.72. The quantitative estimate of drug-likeness (QED) is 0.692. The molecule has 0 aliphatic carbocycles. The van der Waals surface area contributed by atoms with Crippen LogP contribution in [-0.2, 0) is 11.3 Å². The molecule has 72 valence electrons. The highest BCUT2D eigenvalue weighted by Crippen LogP contribution is 2.00. The molecule has 5 nitrogen and oxygen atoms in total. The number of hydrogen-bond acceptors (Lipinski definition) is 4. The molecule has 0 fully saturated rings. The maximum atomic E-state index is 10.9. The van der Waals surface area contributed by atoms with Gasteiger partial charge in [-0.15, -0.1) is 0 Å². The highest BCUT2D eigenvalue weighted by Gasteiger charge is 2.08. The van der Waals surface area contributed by atoms with E-state index >= 15 is 0 Å². The molecule has 1 amide bonds. The van der Waals surface area contributed by atoms with E-state index in [9.17, 15) is 4.79 Å². The van der Waals surface area contributed by atoms with Crippen molar-refractivity contribution in [3.63, 3.8) is 0 Å². The molecule has 0 aliphatic rings. The van der Waals surface area contributed by atoms with Crippen molar-refractivity contribution in [3.05, 3.63) is 17.5 Å². The molecular weight excluding hydrogens is 172 g/mol. The zero-order valence-electron chi connectivity index (χ0n) is 7.57. The molecular formula is C8H12N2O3. The molecule has 0 bridgehead atoms. The van der Waals surface area contributed by atoms with E-state index < -0.39 is 12.0 Å². The summed E-state index contributed by atoms with van der Waals surface area (Å²) in [5, 5.41) is 15.0. The van der Waals surface area contributed by atoms with Gasteiger partial charge in [0.2, 0.25) is 5.91 Å². The SMILES string of the molecule is Cc1cc(CNC(=O)[C@@H](C)O)on1. The van der Waals surface area contributed by atoms with Gasteiger partial charge in [-0.05, 0) is 13.8 Å². The molecule has 0 aromatic carbocycles. The lowest BCUT2D eigenvalue weighted by Crippen LogP contribution is -2.31.